The number of likely N-dealkylation sites (tertiary alicyclic amines) is 1. The number of pyridine rings is 1. The molecule has 2 heterocycles. The third kappa shape index (κ3) is 5.59. The van der Waals surface area contributed by atoms with Crippen LogP contribution in [0.3, 0.4) is 0 Å². The van der Waals surface area contributed by atoms with E-state index >= 15 is 0 Å². The van der Waals surface area contributed by atoms with Crippen molar-refractivity contribution in [1.29, 1.82) is 0 Å². The molecule has 1 fully saturated rings. The zero-order valence-electron chi connectivity index (χ0n) is 17.1. The third-order valence-corrected chi connectivity index (χ3v) is 5.25. The van der Waals surface area contributed by atoms with Crippen LogP contribution in [0.25, 0.3) is 0 Å². The van der Waals surface area contributed by atoms with E-state index in [0.29, 0.717) is 6.54 Å². The maximum absolute atomic E-state index is 5.48. The summed E-state index contributed by atoms with van der Waals surface area (Å²) in [6.45, 7) is 10.4. The van der Waals surface area contributed by atoms with E-state index in [1.165, 1.54) is 25.8 Å². The van der Waals surface area contributed by atoms with E-state index in [9.17, 15) is 0 Å². The Labute approximate surface area is 158 Å². The molecule has 0 aliphatic carbocycles. The standard InChI is InChI=1S/C20H35N5O/c1-15-13-23-18(17(3)19(15)26-5)14-24-20(21-4)22-10-8-12-25-11-7-6-9-16(25)2/h13,16H,6-12,14H2,1-5H3,(H2,21,22,24). The molecule has 1 aliphatic rings. The maximum Gasteiger partial charge on any atom is 0.191 e. The summed E-state index contributed by atoms with van der Waals surface area (Å²) in [6, 6.07) is 0.728. The highest BCUT2D eigenvalue weighted by atomic mass is 16.5. The predicted octanol–water partition coefficient (Wildman–Crippen LogP) is 2.64. The molecule has 6 nitrogen and oxygen atoms in total. The molecular formula is C20H35N5O. The number of nitrogens with one attached hydrogen (secondary N) is 2. The number of guanidine groups is 1. The minimum atomic E-state index is 0.630. The molecule has 26 heavy (non-hydrogen) atoms. The number of aromatic nitrogens is 1. The van der Waals surface area contributed by atoms with Crippen LogP contribution in [0.1, 0.15) is 49.4 Å². The molecule has 1 saturated heterocycles. The van der Waals surface area contributed by atoms with Gasteiger partial charge in [0, 0.05) is 43.5 Å². The second-order valence-corrected chi connectivity index (χ2v) is 7.13. The number of ether oxygens (including phenoxy) is 1. The van der Waals surface area contributed by atoms with Gasteiger partial charge in [0.1, 0.15) is 5.75 Å². The third-order valence-electron chi connectivity index (χ3n) is 5.25. The van der Waals surface area contributed by atoms with Gasteiger partial charge in [0.2, 0.25) is 0 Å². The maximum atomic E-state index is 5.48. The lowest BCUT2D eigenvalue weighted by molar-refractivity contribution is 0.159. The Morgan fingerprint density at radius 1 is 1.35 bits per heavy atom. The van der Waals surface area contributed by atoms with Gasteiger partial charge >= 0.3 is 0 Å². The summed E-state index contributed by atoms with van der Waals surface area (Å²) >= 11 is 0. The van der Waals surface area contributed by atoms with Crippen molar-refractivity contribution in [3.8, 4) is 5.75 Å². The molecule has 0 spiro atoms. The second kappa shape index (κ2) is 10.4. The zero-order valence-corrected chi connectivity index (χ0v) is 17.1. The van der Waals surface area contributed by atoms with Gasteiger partial charge < -0.3 is 20.3 Å². The van der Waals surface area contributed by atoms with Crippen molar-refractivity contribution in [2.24, 2.45) is 4.99 Å². The molecule has 1 atom stereocenters. The molecule has 2 rings (SSSR count). The highest BCUT2D eigenvalue weighted by molar-refractivity contribution is 5.79. The smallest absolute Gasteiger partial charge is 0.191 e. The number of methoxy groups -OCH3 is 1. The van der Waals surface area contributed by atoms with Gasteiger partial charge in [-0.1, -0.05) is 6.42 Å². The lowest BCUT2D eigenvalue weighted by atomic mass is 10.0. The summed E-state index contributed by atoms with van der Waals surface area (Å²) in [7, 11) is 3.51. The van der Waals surface area contributed by atoms with Crippen molar-refractivity contribution in [3.63, 3.8) is 0 Å². The first-order valence-corrected chi connectivity index (χ1v) is 9.74. The Bertz CT molecular complexity index is 602. The molecule has 1 aromatic rings. The largest absolute Gasteiger partial charge is 0.496 e. The first-order valence-electron chi connectivity index (χ1n) is 9.74. The first kappa shape index (κ1) is 20.5. The minimum absolute atomic E-state index is 0.630. The summed E-state index contributed by atoms with van der Waals surface area (Å²) in [5.74, 6) is 1.73. The molecule has 6 heteroatoms. The van der Waals surface area contributed by atoms with Gasteiger partial charge in [-0.05, 0) is 46.6 Å². The van der Waals surface area contributed by atoms with Crippen LogP contribution < -0.4 is 15.4 Å². The number of hydrogen-bond acceptors (Lipinski definition) is 4. The number of nitrogens with zero attached hydrogens (tertiary/aromatic N) is 3. The minimum Gasteiger partial charge on any atom is -0.496 e. The Morgan fingerprint density at radius 2 is 2.15 bits per heavy atom. The van der Waals surface area contributed by atoms with Gasteiger partial charge in [0.15, 0.2) is 5.96 Å². The lowest BCUT2D eigenvalue weighted by Crippen LogP contribution is -2.41. The molecule has 0 aromatic carbocycles. The predicted molar refractivity (Wildman–Crippen MR) is 108 cm³/mol. The monoisotopic (exact) mass is 361 g/mol. The van der Waals surface area contributed by atoms with E-state index in [4.69, 9.17) is 4.74 Å². The fraction of sp³-hybridized carbons (Fsp3) is 0.700. The lowest BCUT2D eigenvalue weighted by Gasteiger charge is -2.33. The quantitative estimate of drug-likeness (QED) is 0.444. The van der Waals surface area contributed by atoms with Crippen LogP contribution in [-0.2, 0) is 6.54 Å². The molecule has 0 bridgehead atoms. The Balaban J connectivity index is 1.76. The molecular weight excluding hydrogens is 326 g/mol. The molecule has 1 aromatic heterocycles. The summed E-state index contributed by atoms with van der Waals surface area (Å²) in [5, 5.41) is 6.76. The molecule has 1 unspecified atom stereocenters. The molecule has 0 saturated carbocycles. The summed E-state index contributed by atoms with van der Waals surface area (Å²) in [6.07, 6.45) is 7.04. The van der Waals surface area contributed by atoms with Crippen LogP contribution in [0.2, 0.25) is 0 Å². The fourth-order valence-electron chi connectivity index (χ4n) is 3.62. The summed E-state index contributed by atoms with van der Waals surface area (Å²) in [4.78, 5) is 11.4. The van der Waals surface area contributed by atoms with Crippen molar-refractivity contribution in [1.82, 2.24) is 20.5 Å². The van der Waals surface area contributed by atoms with Gasteiger partial charge in [0.25, 0.3) is 0 Å². The van der Waals surface area contributed by atoms with Gasteiger partial charge in [-0.25, -0.2) is 0 Å². The van der Waals surface area contributed by atoms with E-state index < -0.39 is 0 Å². The average molecular weight is 362 g/mol. The molecule has 0 radical (unpaired) electrons. The van der Waals surface area contributed by atoms with E-state index in [2.05, 4.69) is 32.4 Å². The van der Waals surface area contributed by atoms with Crippen LogP contribution in [0.4, 0.5) is 0 Å². The Morgan fingerprint density at radius 3 is 2.85 bits per heavy atom. The van der Waals surface area contributed by atoms with E-state index in [1.54, 1.807) is 14.2 Å². The van der Waals surface area contributed by atoms with Crippen LogP contribution in [0.5, 0.6) is 5.75 Å². The second-order valence-electron chi connectivity index (χ2n) is 7.13. The van der Waals surface area contributed by atoms with Crippen LogP contribution in [0.15, 0.2) is 11.2 Å². The van der Waals surface area contributed by atoms with Crippen LogP contribution in [-0.4, -0.2) is 55.7 Å². The first-order chi connectivity index (χ1) is 12.6. The van der Waals surface area contributed by atoms with Crippen molar-refractivity contribution >= 4 is 5.96 Å². The number of piperidine rings is 1. The molecule has 2 N–H and O–H groups in total. The molecule has 0 amide bonds. The van der Waals surface area contributed by atoms with Crippen LogP contribution >= 0.6 is 0 Å². The molecule has 1 aliphatic heterocycles. The average Bonchev–Trinajstić information content (AvgIpc) is 2.64. The topological polar surface area (TPSA) is 61.8 Å². The highest BCUT2D eigenvalue weighted by Crippen LogP contribution is 2.23. The Hall–Kier alpha value is -1.82. The van der Waals surface area contributed by atoms with E-state index in [-0.39, 0.29) is 0 Å². The van der Waals surface area contributed by atoms with Crippen molar-refractivity contribution < 1.29 is 4.74 Å². The van der Waals surface area contributed by atoms with E-state index in [0.717, 1.165) is 54.1 Å². The van der Waals surface area contributed by atoms with E-state index in [1.807, 2.05) is 20.0 Å². The Kier molecular flexibility index (Phi) is 8.16. The summed E-state index contributed by atoms with van der Waals surface area (Å²) < 4.78 is 5.48. The van der Waals surface area contributed by atoms with Gasteiger partial charge in [-0.3, -0.25) is 9.98 Å². The normalized spacial score (nSPS) is 18.7. The highest BCUT2D eigenvalue weighted by Gasteiger charge is 2.17. The van der Waals surface area contributed by atoms with Gasteiger partial charge in [-0.15, -0.1) is 0 Å². The number of hydrogen-bond donors (Lipinski definition) is 2. The number of rotatable bonds is 7. The van der Waals surface area contributed by atoms with Gasteiger partial charge in [0.05, 0.1) is 19.3 Å². The SMILES string of the molecule is CN=C(NCCCN1CCCCC1C)NCc1ncc(C)c(OC)c1C. The molecule has 146 valence electrons. The van der Waals surface area contributed by atoms with Crippen molar-refractivity contribution in [2.45, 2.75) is 59.0 Å². The van der Waals surface area contributed by atoms with Crippen molar-refractivity contribution in [2.75, 3.05) is 33.8 Å². The van der Waals surface area contributed by atoms with Crippen molar-refractivity contribution in [3.05, 3.63) is 23.0 Å². The summed E-state index contributed by atoms with van der Waals surface area (Å²) in [5.41, 5.74) is 3.12. The fourth-order valence-corrected chi connectivity index (χ4v) is 3.62. The van der Waals surface area contributed by atoms with Gasteiger partial charge in [-0.2, -0.15) is 0 Å². The van der Waals surface area contributed by atoms with Crippen LogP contribution in [0, 0.1) is 13.8 Å². The number of aliphatic imine (C=N–C) groups is 1. The number of aryl methyl sites for hydroxylation is 1. The zero-order chi connectivity index (χ0) is 18.9.